The zero-order valence-corrected chi connectivity index (χ0v) is 10.8. The predicted molar refractivity (Wildman–Crippen MR) is 69.8 cm³/mol. The third-order valence-electron chi connectivity index (χ3n) is 2.47. The van der Waals surface area contributed by atoms with Crippen LogP contribution < -0.4 is 5.32 Å². The fraction of sp³-hybridized carbons (Fsp3) is 0.286. The minimum Gasteiger partial charge on any atom is -0.478 e. The summed E-state index contributed by atoms with van der Waals surface area (Å²) >= 11 is 0. The Bertz CT molecular complexity index is 509. The molecule has 0 aliphatic carbocycles. The highest BCUT2D eigenvalue weighted by Crippen LogP contribution is 2.12. The van der Waals surface area contributed by atoms with Gasteiger partial charge in [-0.1, -0.05) is 19.9 Å². The molecule has 1 aromatic rings. The smallest absolute Gasteiger partial charge is 0.328 e. The first-order valence-electron chi connectivity index (χ1n) is 5.87. The van der Waals surface area contributed by atoms with E-state index in [-0.39, 0.29) is 18.4 Å². The first kappa shape index (κ1) is 14.9. The Morgan fingerprint density at radius 1 is 1.42 bits per heavy atom. The molecule has 0 aliphatic heterocycles. The normalized spacial score (nSPS) is 10.9. The lowest BCUT2D eigenvalue weighted by Crippen LogP contribution is -2.27. The lowest BCUT2D eigenvalue weighted by Gasteiger charge is -2.09. The van der Waals surface area contributed by atoms with Gasteiger partial charge in [0.1, 0.15) is 5.82 Å². The van der Waals surface area contributed by atoms with E-state index in [0.29, 0.717) is 11.1 Å². The van der Waals surface area contributed by atoms with E-state index in [1.165, 1.54) is 24.3 Å². The van der Waals surface area contributed by atoms with E-state index in [2.05, 4.69) is 5.32 Å². The molecule has 0 atom stereocenters. The minimum absolute atomic E-state index is 0.0810. The number of carbonyl (C=O) groups is 2. The van der Waals surface area contributed by atoms with Crippen LogP contribution in [0.15, 0.2) is 24.3 Å². The third kappa shape index (κ3) is 4.91. The molecule has 5 heteroatoms. The number of rotatable bonds is 5. The molecule has 0 heterocycles. The molecule has 0 radical (unpaired) electrons. The average molecular weight is 265 g/mol. The number of hydrogen-bond donors (Lipinski definition) is 2. The van der Waals surface area contributed by atoms with Crippen molar-refractivity contribution in [3.05, 3.63) is 41.2 Å². The first-order chi connectivity index (χ1) is 8.90. The first-order valence-corrected chi connectivity index (χ1v) is 5.87. The molecule has 0 saturated heterocycles. The molecule has 2 N–H and O–H groups in total. The van der Waals surface area contributed by atoms with E-state index in [1.54, 1.807) is 13.8 Å². The van der Waals surface area contributed by atoms with Gasteiger partial charge in [-0.15, -0.1) is 0 Å². The highest BCUT2D eigenvalue weighted by Gasteiger charge is 2.08. The van der Waals surface area contributed by atoms with Crippen molar-refractivity contribution in [2.45, 2.75) is 20.4 Å². The summed E-state index contributed by atoms with van der Waals surface area (Å²) in [5.74, 6) is -1.83. The summed E-state index contributed by atoms with van der Waals surface area (Å²) in [6.07, 6.45) is 2.35. The molecule has 0 fully saturated rings. The van der Waals surface area contributed by atoms with Gasteiger partial charge in [-0.2, -0.15) is 0 Å². The topological polar surface area (TPSA) is 66.4 Å². The van der Waals surface area contributed by atoms with Gasteiger partial charge in [-0.25, -0.2) is 9.18 Å². The number of amides is 1. The van der Waals surface area contributed by atoms with Crippen LogP contribution in [0.2, 0.25) is 0 Å². The van der Waals surface area contributed by atoms with Crippen molar-refractivity contribution in [2.24, 2.45) is 5.92 Å². The minimum atomic E-state index is -1.07. The molecular formula is C14H16FNO3. The zero-order chi connectivity index (χ0) is 14.4. The molecule has 0 unspecified atom stereocenters. The summed E-state index contributed by atoms with van der Waals surface area (Å²) in [4.78, 5) is 21.8. The molecule has 102 valence electrons. The molecular weight excluding hydrogens is 249 g/mol. The van der Waals surface area contributed by atoms with Gasteiger partial charge >= 0.3 is 5.97 Å². The highest BCUT2D eigenvalue weighted by molar-refractivity contribution is 5.85. The second-order valence-electron chi connectivity index (χ2n) is 4.39. The maximum absolute atomic E-state index is 13.5. The maximum atomic E-state index is 13.5. The second kappa shape index (κ2) is 6.68. The molecule has 0 spiro atoms. The van der Waals surface area contributed by atoms with Gasteiger partial charge in [-0.3, -0.25) is 4.79 Å². The number of nitrogens with one attached hydrogen (secondary N) is 1. The SMILES string of the molecule is CC(C)C(=O)NCc1cc(C=CC(=O)O)ccc1F. The van der Waals surface area contributed by atoms with Crippen molar-refractivity contribution in [2.75, 3.05) is 0 Å². The summed E-state index contributed by atoms with van der Waals surface area (Å²) < 4.78 is 13.5. The van der Waals surface area contributed by atoms with Crippen molar-refractivity contribution < 1.29 is 19.1 Å². The summed E-state index contributed by atoms with van der Waals surface area (Å²) in [5, 5.41) is 11.1. The Morgan fingerprint density at radius 3 is 2.68 bits per heavy atom. The van der Waals surface area contributed by atoms with E-state index in [0.717, 1.165) is 6.08 Å². The van der Waals surface area contributed by atoms with Crippen molar-refractivity contribution in [1.82, 2.24) is 5.32 Å². The lowest BCUT2D eigenvalue weighted by atomic mass is 10.1. The van der Waals surface area contributed by atoms with Gasteiger partial charge in [0.2, 0.25) is 5.91 Å². The van der Waals surface area contributed by atoms with Crippen LogP contribution in [0.1, 0.15) is 25.0 Å². The Balaban J connectivity index is 2.80. The van der Waals surface area contributed by atoms with E-state index in [4.69, 9.17) is 5.11 Å². The number of carboxylic acid groups (broad SMARTS) is 1. The van der Waals surface area contributed by atoms with Crippen LogP contribution in [0.3, 0.4) is 0 Å². The fourth-order valence-electron chi connectivity index (χ4n) is 1.39. The molecule has 1 rings (SSSR count). The Hall–Kier alpha value is -2.17. The number of aliphatic carboxylic acids is 1. The molecule has 0 aliphatic rings. The number of carbonyl (C=O) groups excluding carboxylic acids is 1. The van der Waals surface area contributed by atoms with Gasteiger partial charge in [0.05, 0.1) is 0 Å². The van der Waals surface area contributed by atoms with E-state index in [9.17, 15) is 14.0 Å². The maximum Gasteiger partial charge on any atom is 0.328 e. The van der Waals surface area contributed by atoms with E-state index >= 15 is 0 Å². The molecule has 0 bridgehead atoms. The van der Waals surface area contributed by atoms with Crippen LogP contribution >= 0.6 is 0 Å². The largest absolute Gasteiger partial charge is 0.478 e. The Morgan fingerprint density at radius 2 is 2.11 bits per heavy atom. The quantitative estimate of drug-likeness (QED) is 0.802. The second-order valence-corrected chi connectivity index (χ2v) is 4.39. The van der Waals surface area contributed by atoms with Crippen molar-refractivity contribution in [3.8, 4) is 0 Å². The molecule has 0 saturated carbocycles. The zero-order valence-electron chi connectivity index (χ0n) is 10.8. The molecule has 1 amide bonds. The predicted octanol–water partition coefficient (Wildman–Crippen LogP) is 2.20. The van der Waals surface area contributed by atoms with Gasteiger partial charge in [0.15, 0.2) is 0 Å². The van der Waals surface area contributed by atoms with Crippen LogP contribution in [0, 0.1) is 11.7 Å². The molecule has 4 nitrogen and oxygen atoms in total. The highest BCUT2D eigenvalue weighted by atomic mass is 19.1. The number of carboxylic acids is 1. The van der Waals surface area contributed by atoms with Gasteiger partial charge < -0.3 is 10.4 Å². The standard InChI is InChI=1S/C14H16FNO3/c1-9(2)14(19)16-8-11-7-10(3-5-12(11)15)4-6-13(17)18/h3-7,9H,8H2,1-2H3,(H,16,19)(H,17,18). The Labute approximate surface area is 110 Å². The van der Waals surface area contributed by atoms with Crippen LogP contribution in [-0.2, 0) is 16.1 Å². The average Bonchev–Trinajstić information content (AvgIpc) is 2.35. The lowest BCUT2D eigenvalue weighted by molar-refractivity contribution is -0.131. The van der Waals surface area contributed by atoms with Crippen molar-refractivity contribution in [1.29, 1.82) is 0 Å². The summed E-state index contributed by atoms with van der Waals surface area (Å²) in [5.41, 5.74) is 0.888. The van der Waals surface area contributed by atoms with Crippen molar-refractivity contribution >= 4 is 18.0 Å². The van der Waals surface area contributed by atoms with Gasteiger partial charge in [-0.05, 0) is 23.8 Å². The molecule has 19 heavy (non-hydrogen) atoms. The van der Waals surface area contributed by atoms with Gasteiger partial charge in [0.25, 0.3) is 0 Å². The number of benzene rings is 1. The number of hydrogen-bond acceptors (Lipinski definition) is 2. The van der Waals surface area contributed by atoms with Crippen molar-refractivity contribution in [3.63, 3.8) is 0 Å². The molecule has 0 aromatic heterocycles. The van der Waals surface area contributed by atoms with Gasteiger partial charge in [0, 0.05) is 24.1 Å². The van der Waals surface area contributed by atoms with Crippen LogP contribution in [-0.4, -0.2) is 17.0 Å². The summed E-state index contributed by atoms with van der Waals surface area (Å²) in [6, 6.07) is 4.23. The van der Waals surface area contributed by atoms with Crippen LogP contribution in [0.25, 0.3) is 6.08 Å². The summed E-state index contributed by atoms with van der Waals surface area (Å²) in [7, 11) is 0. The van der Waals surface area contributed by atoms with E-state index in [1.807, 2.05) is 0 Å². The molecule has 1 aromatic carbocycles. The van der Waals surface area contributed by atoms with Crippen LogP contribution in [0.4, 0.5) is 4.39 Å². The van der Waals surface area contributed by atoms with E-state index < -0.39 is 11.8 Å². The number of halogens is 1. The monoisotopic (exact) mass is 265 g/mol. The fourth-order valence-corrected chi connectivity index (χ4v) is 1.39. The third-order valence-corrected chi connectivity index (χ3v) is 2.47. The summed E-state index contributed by atoms with van der Waals surface area (Å²) in [6.45, 7) is 3.58. The Kier molecular flexibility index (Phi) is 5.23. The van der Waals surface area contributed by atoms with Crippen LogP contribution in [0.5, 0.6) is 0 Å².